The van der Waals surface area contributed by atoms with Crippen molar-refractivity contribution in [3.05, 3.63) is 42.7 Å². The first-order valence-electron chi connectivity index (χ1n) is 5.14. The fourth-order valence-corrected chi connectivity index (χ4v) is 1.81. The van der Waals surface area contributed by atoms with E-state index in [2.05, 4.69) is 10.6 Å². The molecule has 0 saturated heterocycles. The molecule has 0 fully saturated rings. The monoisotopic (exact) mass is 282 g/mol. The van der Waals surface area contributed by atoms with Gasteiger partial charge >= 0.3 is 6.03 Å². The molecule has 0 radical (unpaired) electrons. The number of rotatable bonds is 3. The number of carbonyl (C=O) groups is 1. The molecule has 8 heteroatoms. The summed E-state index contributed by atoms with van der Waals surface area (Å²) in [6.07, 6.45) is 1.41. The SMILES string of the molecule is O=C(Nc1ccc(S(=O)(=O)O)cc1)Nc1ccco1. The summed E-state index contributed by atoms with van der Waals surface area (Å²) in [5.74, 6) is 0.284. The number of nitrogens with one attached hydrogen (secondary N) is 2. The summed E-state index contributed by atoms with van der Waals surface area (Å²) in [4.78, 5) is 11.3. The predicted octanol–water partition coefficient (Wildman–Crippen LogP) is 2.17. The van der Waals surface area contributed by atoms with Gasteiger partial charge in [0.2, 0.25) is 5.88 Å². The molecule has 0 unspecified atom stereocenters. The average Bonchev–Trinajstić information content (AvgIpc) is 2.81. The van der Waals surface area contributed by atoms with E-state index in [1.807, 2.05) is 0 Å². The molecule has 0 bridgehead atoms. The number of hydrogen-bond donors (Lipinski definition) is 3. The highest BCUT2D eigenvalue weighted by molar-refractivity contribution is 7.85. The Morgan fingerprint density at radius 1 is 1.11 bits per heavy atom. The van der Waals surface area contributed by atoms with Gasteiger partial charge in [0.1, 0.15) is 0 Å². The van der Waals surface area contributed by atoms with E-state index in [1.54, 1.807) is 12.1 Å². The molecule has 7 nitrogen and oxygen atoms in total. The summed E-state index contributed by atoms with van der Waals surface area (Å²) in [6, 6.07) is 7.72. The highest BCUT2D eigenvalue weighted by Gasteiger charge is 2.09. The lowest BCUT2D eigenvalue weighted by molar-refractivity contribution is 0.261. The van der Waals surface area contributed by atoms with Crippen LogP contribution in [-0.4, -0.2) is 19.0 Å². The van der Waals surface area contributed by atoms with Gasteiger partial charge in [-0.3, -0.25) is 9.87 Å². The van der Waals surface area contributed by atoms with E-state index in [9.17, 15) is 13.2 Å². The lowest BCUT2D eigenvalue weighted by atomic mass is 10.3. The van der Waals surface area contributed by atoms with Crippen LogP contribution in [0, 0.1) is 0 Å². The Morgan fingerprint density at radius 2 is 1.79 bits per heavy atom. The molecule has 0 aliphatic carbocycles. The number of benzene rings is 1. The molecule has 2 aromatic rings. The van der Waals surface area contributed by atoms with E-state index in [-0.39, 0.29) is 10.8 Å². The zero-order valence-corrected chi connectivity index (χ0v) is 10.3. The van der Waals surface area contributed by atoms with Gasteiger partial charge in [-0.2, -0.15) is 8.42 Å². The first-order chi connectivity index (χ1) is 8.95. The smallest absolute Gasteiger partial charge is 0.326 e. The number of furan rings is 1. The molecule has 2 rings (SSSR count). The summed E-state index contributed by atoms with van der Waals surface area (Å²) in [6.45, 7) is 0. The maximum atomic E-state index is 11.5. The predicted molar refractivity (Wildman–Crippen MR) is 67.6 cm³/mol. The largest absolute Gasteiger partial charge is 0.449 e. The minimum absolute atomic E-state index is 0.246. The maximum Gasteiger partial charge on any atom is 0.326 e. The Hall–Kier alpha value is -2.32. The van der Waals surface area contributed by atoms with Gasteiger partial charge in [-0.25, -0.2) is 4.79 Å². The molecule has 0 aliphatic heterocycles. The van der Waals surface area contributed by atoms with E-state index >= 15 is 0 Å². The fourth-order valence-electron chi connectivity index (χ4n) is 1.33. The summed E-state index contributed by atoms with van der Waals surface area (Å²) < 4.78 is 35.4. The van der Waals surface area contributed by atoms with Gasteiger partial charge < -0.3 is 9.73 Å². The van der Waals surface area contributed by atoms with Crippen molar-refractivity contribution in [1.29, 1.82) is 0 Å². The number of carbonyl (C=O) groups excluding carboxylic acids is 1. The van der Waals surface area contributed by atoms with Crippen molar-refractivity contribution < 1.29 is 22.2 Å². The second kappa shape index (κ2) is 5.12. The van der Waals surface area contributed by atoms with Crippen LogP contribution in [-0.2, 0) is 10.1 Å². The second-order valence-corrected chi connectivity index (χ2v) is 4.98. The van der Waals surface area contributed by atoms with Crippen molar-refractivity contribution in [1.82, 2.24) is 0 Å². The molecule has 2 amide bonds. The highest BCUT2D eigenvalue weighted by atomic mass is 32.2. The second-order valence-electron chi connectivity index (χ2n) is 3.56. The normalized spacial score (nSPS) is 11.0. The summed E-state index contributed by atoms with van der Waals surface area (Å²) in [5, 5.41) is 4.90. The van der Waals surface area contributed by atoms with Crippen LogP contribution in [0.2, 0.25) is 0 Å². The van der Waals surface area contributed by atoms with Crippen molar-refractivity contribution in [3.8, 4) is 0 Å². The van der Waals surface area contributed by atoms with Crippen molar-refractivity contribution in [2.45, 2.75) is 4.90 Å². The number of hydrogen-bond acceptors (Lipinski definition) is 4. The zero-order valence-electron chi connectivity index (χ0n) is 9.53. The summed E-state index contributed by atoms with van der Waals surface area (Å²) >= 11 is 0. The number of urea groups is 1. The standard InChI is InChI=1S/C11H10N2O5S/c14-11(13-10-2-1-7-18-10)12-8-3-5-9(6-4-8)19(15,16)17/h1-7H,(H2,12,13,14)(H,15,16,17). The lowest BCUT2D eigenvalue weighted by Gasteiger charge is -2.05. The first kappa shape index (κ1) is 13.1. The topological polar surface area (TPSA) is 109 Å². The van der Waals surface area contributed by atoms with Gasteiger partial charge in [0, 0.05) is 11.8 Å². The third kappa shape index (κ3) is 3.57. The van der Waals surface area contributed by atoms with Crippen LogP contribution in [0.25, 0.3) is 0 Å². The van der Waals surface area contributed by atoms with E-state index in [0.717, 1.165) is 0 Å². The molecule has 19 heavy (non-hydrogen) atoms. The Bertz CT molecular complexity index is 662. The van der Waals surface area contributed by atoms with Gasteiger partial charge in [0.25, 0.3) is 10.1 Å². The quantitative estimate of drug-likeness (QED) is 0.747. The third-order valence-electron chi connectivity index (χ3n) is 2.17. The molecule has 0 aliphatic rings. The van der Waals surface area contributed by atoms with Gasteiger partial charge in [-0.1, -0.05) is 0 Å². The van der Waals surface area contributed by atoms with Gasteiger partial charge in [0.15, 0.2) is 0 Å². The van der Waals surface area contributed by atoms with Crippen LogP contribution >= 0.6 is 0 Å². The third-order valence-corrected chi connectivity index (χ3v) is 3.04. The Labute approximate surface area is 109 Å². The van der Waals surface area contributed by atoms with Crippen molar-refractivity contribution in [2.75, 3.05) is 10.6 Å². The Balaban J connectivity index is 2.02. The molecule has 1 aromatic carbocycles. The van der Waals surface area contributed by atoms with Gasteiger partial charge in [-0.15, -0.1) is 0 Å². The summed E-state index contributed by atoms with van der Waals surface area (Å²) in [5.41, 5.74) is 0.372. The van der Waals surface area contributed by atoms with E-state index in [4.69, 9.17) is 8.97 Å². The minimum atomic E-state index is -4.23. The molecule has 3 N–H and O–H groups in total. The van der Waals surface area contributed by atoms with Crippen molar-refractivity contribution >= 4 is 27.7 Å². The van der Waals surface area contributed by atoms with Gasteiger partial charge in [-0.05, 0) is 30.3 Å². The van der Waals surface area contributed by atoms with Crippen LogP contribution < -0.4 is 10.6 Å². The van der Waals surface area contributed by atoms with Crippen LogP contribution in [0.3, 0.4) is 0 Å². The van der Waals surface area contributed by atoms with Gasteiger partial charge in [0.05, 0.1) is 11.2 Å². The highest BCUT2D eigenvalue weighted by Crippen LogP contribution is 2.14. The molecular weight excluding hydrogens is 272 g/mol. The lowest BCUT2D eigenvalue weighted by Crippen LogP contribution is -2.19. The average molecular weight is 282 g/mol. The van der Waals surface area contributed by atoms with Crippen LogP contribution in [0.1, 0.15) is 0 Å². The Kier molecular flexibility index (Phi) is 3.54. The molecule has 100 valence electrons. The van der Waals surface area contributed by atoms with E-state index in [1.165, 1.54) is 30.5 Å². The fraction of sp³-hybridized carbons (Fsp3) is 0. The number of amides is 2. The molecule has 1 heterocycles. The molecule has 1 aromatic heterocycles. The number of anilines is 2. The molecular formula is C11H10N2O5S. The van der Waals surface area contributed by atoms with Crippen LogP contribution in [0.15, 0.2) is 52.0 Å². The summed E-state index contributed by atoms with van der Waals surface area (Å²) in [7, 11) is -4.23. The van der Waals surface area contributed by atoms with Crippen LogP contribution in [0.5, 0.6) is 0 Å². The minimum Gasteiger partial charge on any atom is -0.449 e. The van der Waals surface area contributed by atoms with E-state index in [0.29, 0.717) is 5.69 Å². The molecule has 0 saturated carbocycles. The molecule has 0 atom stereocenters. The molecule has 0 spiro atoms. The van der Waals surface area contributed by atoms with Crippen molar-refractivity contribution in [2.24, 2.45) is 0 Å². The van der Waals surface area contributed by atoms with Crippen LogP contribution in [0.4, 0.5) is 16.4 Å². The zero-order chi connectivity index (χ0) is 13.9. The first-order valence-corrected chi connectivity index (χ1v) is 6.58. The maximum absolute atomic E-state index is 11.5. The van der Waals surface area contributed by atoms with E-state index < -0.39 is 16.1 Å². The van der Waals surface area contributed by atoms with Crippen molar-refractivity contribution in [3.63, 3.8) is 0 Å². The Morgan fingerprint density at radius 3 is 2.32 bits per heavy atom.